The van der Waals surface area contributed by atoms with Crippen molar-refractivity contribution in [2.45, 2.75) is 32.4 Å². The monoisotopic (exact) mass is 456 g/mol. The van der Waals surface area contributed by atoms with Crippen molar-refractivity contribution >= 4 is 40.2 Å². The predicted molar refractivity (Wildman–Crippen MR) is 119 cm³/mol. The molecule has 3 aromatic rings. The number of halogens is 1. The molecule has 2 aromatic heterocycles. The lowest BCUT2D eigenvalue weighted by atomic mass is 10.2. The zero-order valence-electron chi connectivity index (χ0n) is 17.2. The third kappa shape index (κ3) is 4.87. The van der Waals surface area contributed by atoms with Crippen molar-refractivity contribution in [2.75, 3.05) is 17.6 Å². The van der Waals surface area contributed by atoms with Crippen LogP contribution in [0.5, 0.6) is 0 Å². The number of nitriles is 1. The smallest absolute Gasteiger partial charge is 0.404 e. The largest absolute Gasteiger partial charge is 0.465 e. The minimum atomic E-state index is -1.10. The van der Waals surface area contributed by atoms with Gasteiger partial charge in [0.05, 0.1) is 22.0 Å². The number of amides is 1. The van der Waals surface area contributed by atoms with E-state index in [1.165, 1.54) is 10.9 Å². The minimum absolute atomic E-state index is 0.0405. The maximum Gasteiger partial charge on any atom is 0.404 e. The van der Waals surface area contributed by atoms with Crippen molar-refractivity contribution < 1.29 is 9.90 Å². The number of nitrogens with zero attached hydrogens (tertiary/aromatic N) is 5. The Hall–Kier alpha value is -3.91. The van der Waals surface area contributed by atoms with Crippen molar-refractivity contribution in [1.82, 2.24) is 24.8 Å². The number of anilines is 2. The van der Waals surface area contributed by atoms with E-state index in [9.17, 15) is 14.9 Å². The molecule has 0 spiro atoms. The van der Waals surface area contributed by atoms with E-state index < -0.39 is 12.1 Å². The van der Waals surface area contributed by atoms with E-state index in [2.05, 4.69) is 25.6 Å². The summed E-state index contributed by atoms with van der Waals surface area (Å²) in [4.78, 5) is 36.4. The predicted octanol–water partition coefficient (Wildman–Crippen LogP) is 2.51. The summed E-state index contributed by atoms with van der Waals surface area (Å²) in [6.07, 6.45) is 1.20. The molecule has 0 aliphatic carbocycles. The number of benzene rings is 1. The zero-order valence-corrected chi connectivity index (χ0v) is 17.9. The van der Waals surface area contributed by atoms with Crippen molar-refractivity contribution in [2.24, 2.45) is 0 Å². The number of hydrogen-bond donors (Lipinski definition) is 4. The van der Waals surface area contributed by atoms with E-state index >= 15 is 0 Å². The second-order valence-corrected chi connectivity index (χ2v) is 7.37. The summed E-state index contributed by atoms with van der Waals surface area (Å²) in [5.74, 6) is 0.681. The first-order valence-electron chi connectivity index (χ1n) is 9.76. The second kappa shape index (κ2) is 9.93. The number of nitrogens with one attached hydrogen (secondary N) is 2. The van der Waals surface area contributed by atoms with Crippen LogP contribution in [0.2, 0.25) is 5.02 Å². The third-order valence-corrected chi connectivity index (χ3v) is 5.09. The number of unbranched alkanes of at least 4 members (excludes halogenated alkanes) is 1. The van der Waals surface area contributed by atoms with Crippen molar-refractivity contribution in [3.05, 3.63) is 51.3 Å². The number of nitrogens with two attached hydrogens (primary N) is 1. The fourth-order valence-corrected chi connectivity index (χ4v) is 3.52. The number of hydrogen-bond acceptors (Lipinski definition) is 8. The van der Waals surface area contributed by atoms with E-state index in [0.717, 1.165) is 0 Å². The highest BCUT2D eigenvalue weighted by Gasteiger charge is 2.20. The summed E-state index contributed by atoms with van der Waals surface area (Å²) < 4.78 is 1.50. The third-order valence-electron chi connectivity index (χ3n) is 4.78. The summed E-state index contributed by atoms with van der Waals surface area (Å²) in [6.45, 7) is 2.34. The first-order valence-corrected chi connectivity index (χ1v) is 10.1. The molecule has 32 heavy (non-hydrogen) atoms. The van der Waals surface area contributed by atoms with Crippen LogP contribution < -0.4 is 21.9 Å². The number of fused-ring (bicyclic) bond motifs is 1. The van der Waals surface area contributed by atoms with E-state index in [4.69, 9.17) is 22.4 Å². The Labute approximate surface area is 187 Å². The summed E-state index contributed by atoms with van der Waals surface area (Å²) in [6, 6.07) is 6.47. The fraction of sp³-hybridized carbons (Fsp3) is 0.300. The molecule has 166 valence electrons. The van der Waals surface area contributed by atoms with Crippen LogP contribution >= 0.6 is 11.6 Å². The molecule has 1 amide bonds. The van der Waals surface area contributed by atoms with Gasteiger partial charge in [0.15, 0.2) is 0 Å². The standard InChI is InChI=1S/C20H21ClN8O3/c1-11(27-17-12(9-22)16(23)25-10-26-17)18-28-14-6-4-5-13(21)15(14)19(30)29(18)8-3-2-7-24-20(31)32/h4-6,10-11,24H,2-3,7-8H2,1H3,(H,31,32)(H3,23,25,26,27). The van der Waals surface area contributed by atoms with E-state index in [1.54, 1.807) is 25.1 Å². The van der Waals surface area contributed by atoms with Gasteiger partial charge in [0.2, 0.25) is 0 Å². The molecule has 1 aromatic carbocycles. The minimum Gasteiger partial charge on any atom is -0.465 e. The number of nitrogen functional groups attached to an aromatic ring is 1. The van der Waals surface area contributed by atoms with Gasteiger partial charge in [-0.15, -0.1) is 0 Å². The molecule has 0 bridgehead atoms. The van der Waals surface area contributed by atoms with Crippen LogP contribution in [0.4, 0.5) is 16.4 Å². The van der Waals surface area contributed by atoms with E-state index in [1.807, 2.05) is 6.07 Å². The van der Waals surface area contributed by atoms with Crippen molar-refractivity contribution in [3.8, 4) is 6.07 Å². The summed E-state index contributed by atoms with van der Waals surface area (Å²) >= 11 is 6.26. The highest BCUT2D eigenvalue weighted by atomic mass is 35.5. The molecule has 1 unspecified atom stereocenters. The molecule has 12 heteroatoms. The molecule has 0 radical (unpaired) electrons. The Morgan fingerprint density at radius 2 is 2.16 bits per heavy atom. The lowest BCUT2D eigenvalue weighted by molar-refractivity contribution is 0.194. The quantitative estimate of drug-likeness (QED) is 0.371. The lowest BCUT2D eigenvalue weighted by Gasteiger charge is -2.20. The fourth-order valence-electron chi connectivity index (χ4n) is 3.27. The van der Waals surface area contributed by atoms with Crippen molar-refractivity contribution in [1.29, 1.82) is 5.26 Å². The number of carbonyl (C=O) groups is 1. The highest BCUT2D eigenvalue weighted by Crippen LogP contribution is 2.24. The van der Waals surface area contributed by atoms with Crippen LogP contribution in [0.3, 0.4) is 0 Å². The van der Waals surface area contributed by atoms with Crippen molar-refractivity contribution in [3.63, 3.8) is 0 Å². The average Bonchev–Trinajstić information content (AvgIpc) is 2.74. The molecule has 0 fully saturated rings. The van der Waals surface area contributed by atoms with Crippen LogP contribution in [0, 0.1) is 11.3 Å². The summed E-state index contributed by atoms with van der Waals surface area (Å²) in [7, 11) is 0. The van der Waals surface area contributed by atoms with Gasteiger partial charge in [-0.25, -0.2) is 19.7 Å². The van der Waals surface area contributed by atoms with Crippen LogP contribution in [0.15, 0.2) is 29.3 Å². The molecule has 11 nitrogen and oxygen atoms in total. The number of aromatic nitrogens is 4. The summed E-state index contributed by atoms with van der Waals surface area (Å²) in [5, 5.41) is 24.1. The normalized spacial score (nSPS) is 11.7. The van der Waals surface area contributed by atoms with E-state index in [0.29, 0.717) is 41.1 Å². The number of carboxylic acid groups (broad SMARTS) is 1. The molecule has 0 aliphatic rings. The molecule has 0 saturated heterocycles. The van der Waals surface area contributed by atoms with Crippen LogP contribution in [0.1, 0.15) is 37.2 Å². The van der Waals surface area contributed by atoms with Gasteiger partial charge in [0, 0.05) is 13.1 Å². The average molecular weight is 457 g/mol. The van der Waals surface area contributed by atoms with Gasteiger partial charge in [0.1, 0.15) is 35.4 Å². The number of rotatable bonds is 8. The topological polar surface area (TPSA) is 172 Å². The van der Waals surface area contributed by atoms with Gasteiger partial charge in [-0.2, -0.15) is 5.26 Å². The molecule has 5 N–H and O–H groups in total. The summed E-state index contributed by atoms with van der Waals surface area (Å²) in [5.41, 5.74) is 5.99. The van der Waals surface area contributed by atoms with Crippen LogP contribution in [0.25, 0.3) is 10.9 Å². The maximum absolute atomic E-state index is 13.3. The van der Waals surface area contributed by atoms with Gasteiger partial charge >= 0.3 is 6.09 Å². The first-order chi connectivity index (χ1) is 15.3. The van der Waals surface area contributed by atoms with E-state index in [-0.39, 0.29) is 29.3 Å². The molecular weight excluding hydrogens is 436 g/mol. The van der Waals surface area contributed by atoms with Crippen LogP contribution in [-0.2, 0) is 6.54 Å². The molecule has 0 aliphatic heterocycles. The van der Waals surface area contributed by atoms with Gasteiger partial charge in [-0.1, -0.05) is 17.7 Å². The molecule has 1 atom stereocenters. The molecule has 0 saturated carbocycles. The molecule has 2 heterocycles. The Bertz CT molecular complexity index is 1250. The molecular formula is C20H21ClN8O3. The van der Waals surface area contributed by atoms with Gasteiger partial charge < -0.3 is 21.5 Å². The Morgan fingerprint density at radius 3 is 2.88 bits per heavy atom. The maximum atomic E-state index is 13.3. The van der Waals surface area contributed by atoms with Gasteiger partial charge in [-0.05, 0) is 31.9 Å². The Kier molecular flexibility index (Phi) is 7.07. The SMILES string of the molecule is CC(Nc1ncnc(N)c1C#N)c1nc2cccc(Cl)c2c(=O)n1CCCCNC(=O)O. The Balaban J connectivity index is 1.98. The first kappa shape index (κ1) is 22.8. The Morgan fingerprint density at radius 1 is 1.38 bits per heavy atom. The molecule has 3 rings (SSSR count). The highest BCUT2D eigenvalue weighted by molar-refractivity contribution is 6.35. The second-order valence-electron chi connectivity index (χ2n) is 6.96. The lowest BCUT2D eigenvalue weighted by Crippen LogP contribution is -2.29. The zero-order chi connectivity index (χ0) is 23.3. The van der Waals surface area contributed by atoms with Gasteiger partial charge in [-0.3, -0.25) is 9.36 Å². The van der Waals surface area contributed by atoms with Gasteiger partial charge in [0.25, 0.3) is 5.56 Å². The van der Waals surface area contributed by atoms with Crippen LogP contribution in [-0.4, -0.2) is 37.3 Å².